The molecule has 0 fully saturated rings. The van der Waals surface area contributed by atoms with E-state index in [1.54, 1.807) is 0 Å². The SMILES string of the molecule is [O]=[Sb]([O-])([O-])[O-].[O]=[Sb]([O-])([O-])[O-].[O]=[Sb]([O-])([O-])[O-].[O]=[Sb]([O-])([O-])[O-].[Ti+4].[Ti+4].[Ti+4]. The van der Waals surface area contributed by atoms with E-state index in [0.29, 0.717) is 0 Å². The summed E-state index contributed by atoms with van der Waals surface area (Å²) in [6.07, 6.45) is 0. The van der Waals surface area contributed by atoms with Crippen molar-refractivity contribution in [1.29, 1.82) is 0 Å². The van der Waals surface area contributed by atoms with E-state index in [9.17, 15) is 0 Å². The second-order valence-corrected chi connectivity index (χ2v) is 12.0. The predicted molar refractivity (Wildman–Crippen MR) is 25.8 cm³/mol. The molecule has 16 nitrogen and oxygen atoms in total. The molecule has 0 saturated carbocycles. The van der Waals surface area contributed by atoms with Crippen LogP contribution in [-0.2, 0) is 77.2 Å². The predicted octanol–water partition coefficient (Wildman–Crippen LogP) is -16.3. The third-order valence-corrected chi connectivity index (χ3v) is 0. The zero-order valence-corrected chi connectivity index (χ0v) is 24.7. The van der Waals surface area contributed by atoms with Crippen LogP contribution in [0.1, 0.15) is 0 Å². The molecule has 0 radical (unpaired) electrons. The van der Waals surface area contributed by atoms with Crippen LogP contribution in [0.4, 0.5) is 0 Å². The molecular weight excluding hydrogens is 887 g/mol. The van der Waals surface area contributed by atoms with Crippen LogP contribution in [0, 0.1) is 0 Å². The second kappa shape index (κ2) is 20.9. The summed E-state index contributed by atoms with van der Waals surface area (Å²) in [4.78, 5) is 0. The fourth-order valence-corrected chi connectivity index (χ4v) is 0. The first-order chi connectivity index (χ1) is 8.00. The quantitative estimate of drug-likeness (QED) is 0.204. The Kier molecular flexibility index (Phi) is 41.5. The molecule has 0 bridgehead atoms. The smallest absolute Gasteiger partial charge is 4.00 e. The Balaban J connectivity index is -0.0000000284. The van der Waals surface area contributed by atoms with Crippen LogP contribution in [0.15, 0.2) is 0 Å². The molecule has 0 N–H and O–H groups in total. The number of rotatable bonds is 0. The Hall–Kier alpha value is 4.14. The van der Waals surface area contributed by atoms with Gasteiger partial charge in [0.2, 0.25) is 0 Å². The maximum Gasteiger partial charge on any atom is 4.00 e. The number of hydrogen-bond donors (Lipinski definition) is 0. The molecule has 0 aromatic carbocycles. The standard InChI is InChI=1S/16O.4Sb.3Ti/q;;;;12*-1;;;;;3*+4. The maximum absolute atomic E-state index is 8.64. The van der Waals surface area contributed by atoms with E-state index >= 15 is 0 Å². The fraction of sp³-hybridized carbons (Fsp3) is 0. The van der Waals surface area contributed by atoms with Gasteiger partial charge in [0.15, 0.2) is 0 Å². The Labute approximate surface area is 194 Å². The van der Waals surface area contributed by atoms with Crippen molar-refractivity contribution in [2.75, 3.05) is 0 Å². The van der Waals surface area contributed by atoms with E-state index < -0.39 is 80.2 Å². The second-order valence-electron chi connectivity index (χ2n) is 1.79. The monoisotopic (exact) mass is 883 g/mol. The van der Waals surface area contributed by atoms with Crippen LogP contribution in [0.25, 0.3) is 0 Å². The van der Waals surface area contributed by atoms with E-state index in [-0.39, 0.29) is 65.2 Å². The molecule has 0 amide bonds. The van der Waals surface area contributed by atoms with Crippen molar-refractivity contribution in [2.45, 2.75) is 0 Å². The summed E-state index contributed by atoms with van der Waals surface area (Å²) in [7, 11) is 0. The Bertz CT molecular complexity index is 292. The van der Waals surface area contributed by atoms with Crippen molar-refractivity contribution in [3.63, 3.8) is 0 Å². The van der Waals surface area contributed by atoms with Gasteiger partial charge in [-0.25, -0.2) is 0 Å². The maximum atomic E-state index is 8.64. The van der Waals surface area contributed by atoms with Crippen molar-refractivity contribution in [1.82, 2.24) is 0 Å². The van der Waals surface area contributed by atoms with Gasteiger partial charge >= 0.3 is 198 Å². The van der Waals surface area contributed by atoms with Crippen molar-refractivity contribution in [2.24, 2.45) is 0 Å². The fourth-order valence-electron chi connectivity index (χ4n) is 0. The summed E-state index contributed by atoms with van der Waals surface area (Å²) in [5.74, 6) is 0. The van der Waals surface area contributed by atoms with E-state index in [2.05, 4.69) is 0 Å². The first-order valence-electron chi connectivity index (χ1n) is 2.92. The van der Waals surface area contributed by atoms with E-state index in [4.69, 9.17) is 52.7 Å². The molecule has 0 saturated heterocycles. The topological polar surface area (TPSA) is 345 Å². The average molecular weight is 887 g/mol. The third kappa shape index (κ3) is 890. The molecule has 23 heteroatoms. The minimum atomic E-state index is -6.10. The number of hydrogen-bond acceptors (Lipinski definition) is 16. The Morgan fingerprint density at radius 2 is 0.304 bits per heavy atom. The largest absolute Gasteiger partial charge is 4.00 e. The molecule has 0 aromatic rings. The molecule has 0 heterocycles. The first-order valence-corrected chi connectivity index (χ1v) is 19.6. The zero-order chi connectivity index (χ0) is 18.0. The normalized spacial score (nSPS) is 10.3. The van der Waals surface area contributed by atoms with E-state index in [1.807, 2.05) is 0 Å². The summed E-state index contributed by atoms with van der Waals surface area (Å²) in [6, 6.07) is 0. The summed E-state index contributed by atoms with van der Waals surface area (Å²) in [5, 5.41) is 0. The van der Waals surface area contributed by atoms with Gasteiger partial charge in [0.05, 0.1) is 0 Å². The van der Waals surface area contributed by atoms with Crippen LogP contribution in [0.3, 0.4) is 0 Å². The molecule has 0 unspecified atom stereocenters. The molecule has 0 aliphatic carbocycles. The zero-order valence-electron chi connectivity index (χ0n) is 9.82. The van der Waals surface area contributed by atoms with Gasteiger partial charge < -0.3 is 0 Å². The van der Waals surface area contributed by atoms with Crippen molar-refractivity contribution in [3.05, 3.63) is 0 Å². The first kappa shape index (κ1) is 45.7. The van der Waals surface area contributed by atoms with Crippen LogP contribution in [-0.4, -0.2) is 80.2 Å². The van der Waals surface area contributed by atoms with E-state index in [0.717, 1.165) is 0 Å². The van der Waals surface area contributed by atoms with Gasteiger partial charge in [0, 0.05) is 0 Å². The van der Waals surface area contributed by atoms with Crippen molar-refractivity contribution in [3.8, 4) is 0 Å². The Morgan fingerprint density at radius 1 is 0.304 bits per heavy atom. The van der Waals surface area contributed by atoms with Gasteiger partial charge in [-0.3, -0.25) is 0 Å². The molecule has 128 valence electrons. The van der Waals surface area contributed by atoms with Crippen LogP contribution >= 0.6 is 0 Å². The summed E-state index contributed by atoms with van der Waals surface area (Å²) in [6.45, 7) is 0. The summed E-state index contributed by atoms with van der Waals surface area (Å²) < 4.78 is 138. The van der Waals surface area contributed by atoms with Crippen LogP contribution < -0.4 is 40.6 Å². The van der Waals surface area contributed by atoms with E-state index in [1.165, 1.54) is 0 Å². The van der Waals surface area contributed by atoms with Gasteiger partial charge in [-0.1, -0.05) is 0 Å². The summed E-state index contributed by atoms with van der Waals surface area (Å²) >= 11 is -24.4. The van der Waals surface area contributed by atoms with Crippen LogP contribution in [0.5, 0.6) is 0 Å². The minimum absolute atomic E-state index is 0. The Morgan fingerprint density at radius 3 is 0.304 bits per heavy atom. The van der Waals surface area contributed by atoms with Crippen molar-refractivity contribution < 1.29 is 118 Å². The molecule has 23 heavy (non-hydrogen) atoms. The average Bonchev–Trinajstić information content (AvgIpc) is 1.62. The van der Waals surface area contributed by atoms with Crippen LogP contribution in [0.2, 0.25) is 0 Å². The van der Waals surface area contributed by atoms with Gasteiger partial charge in [-0.2, -0.15) is 0 Å². The molecule has 0 aliphatic heterocycles. The molecule has 0 aromatic heterocycles. The van der Waals surface area contributed by atoms with Gasteiger partial charge in [-0.15, -0.1) is 0 Å². The van der Waals surface area contributed by atoms with Gasteiger partial charge in [0.25, 0.3) is 0 Å². The molecular formula is O16Sb4Ti3. The summed E-state index contributed by atoms with van der Waals surface area (Å²) in [5.41, 5.74) is 0. The van der Waals surface area contributed by atoms with Gasteiger partial charge in [0.1, 0.15) is 0 Å². The molecule has 0 aliphatic rings. The molecule has 0 atom stereocenters. The minimum Gasteiger partial charge on any atom is 4.00 e. The third-order valence-electron chi connectivity index (χ3n) is 0. The molecule has 0 rings (SSSR count). The van der Waals surface area contributed by atoms with Gasteiger partial charge in [-0.05, 0) is 0 Å². The van der Waals surface area contributed by atoms with Crippen molar-refractivity contribution >= 4 is 80.2 Å². The molecule has 0 spiro atoms.